The van der Waals surface area contributed by atoms with Crippen LogP contribution in [0.15, 0.2) is 30.3 Å². The lowest BCUT2D eigenvalue weighted by Crippen LogP contribution is -2.12. The van der Waals surface area contributed by atoms with Gasteiger partial charge in [0.2, 0.25) is 0 Å². The number of benzene rings is 1. The molecule has 0 bridgehead atoms. The first-order valence-corrected chi connectivity index (χ1v) is 6.07. The van der Waals surface area contributed by atoms with Gasteiger partial charge < -0.3 is 11.5 Å². The van der Waals surface area contributed by atoms with Crippen molar-refractivity contribution in [3.05, 3.63) is 41.6 Å². The van der Waals surface area contributed by atoms with Crippen LogP contribution in [0.2, 0.25) is 0 Å². The molecule has 1 heterocycles. The van der Waals surface area contributed by atoms with E-state index in [4.69, 9.17) is 11.5 Å². The molecule has 0 saturated heterocycles. The van der Waals surface area contributed by atoms with Crippen LogP contribution in [0.5, 0.6) is 0 Å². The summed E-state index contributed by atoms with van der Waals surface area (Å²) in [7, 11) is 0. The largest absolute Gasteiger partial charge is 0.384 e. The fourth-order valence-corrected chi connectivity index (χ4v) is 1.78. The fraction of sp³-hybridized carbons (Fsp3) is 0.357. The fourth-order valence-electron chi connectivity index (χ4n) is 1.78. The van der Waals surface area contributed by atoms with Crippen molar-refractivity contribution in [1.82, 2.24) is 9.78 Å². The average Bonchev–Trinajstić information content (AvgIpc) is 2.71. The second-order valence-electron chi connectivity index (χ2n) is 5.49. The zero-order valence-electron chi connectivity index (χ0n) is 11.1. The molecule has 1 aromatic heterocycles. The highest BCUT2D eigenvalue weighted by atomic mass is 15.3. The monoisotopic (exact) mass is 244 g/mol. The summed E-state index contributed by atoms with van der Waals surface area (Å²) in [6.45, 7) is 6.88. The van der Waals surface area contributed by atoms with Crippen LogP contribution in [0.25, 0.3) is 5.69 Å². The third-order valence-electron chi connectivity index (χ3n) is 2.90. The summed E-state index contributed by atoms with van der Waals surface area (Å²) in [5, 5.41) is 4.58. The Labute approximate surface area is 108 Å². The number of nitrogens with zero attached hydrogens (tertiary/aromatic N) is 2. The number of anilines is 1. The quantitative estimate of drug-likeness (QED) is 0.851. The van der Waals surface area contributed by atoms with E-state index in [1.54, 1.807) is 4.68 Å². The third-order valence-corrected chi connectivity index (χ3v) is 2.90. The molecule has 0 aliphatic carbocycles. The van der Waals surface area contributed by atoms with Crippen LogP contribution in [0.3, 0.4) is 0 Å². The van der Waals surface area contributed by atoms with Gasteiger partial charge in [-0.25, -0.2) is 4.68 Å². The minimum Gasteiger partial charge on any atom is -0.384 e. The Morgan fingerprint density at radius 2 is 1.94 bits per heavy atom. The van der Waals surface area contributed by atoms with Crippen LogP contribution in [0, 0.1) is 0 Å². The number of nitrogen functional groups attached to an aromatic ring is 1. The van der Waals surface area contributed by atoms with Gasteiger partial charge in [-0.3, -0.25) is 0 Å². The molecular weight excluding hydrogens is 224 g/mol. The standard InChI is InChI=1S/C14H20N4/c1-14(2,3)12-8-13(16)18(17-12)11-6-4-5-10(7-11)9-15/h4-8H,9,15-16H2,1-3H3. The second-order valence-corrected chi connectivity index (χ2v) is 5.49. The van der Waals surface area contributed by atoms with Crippen LogP contribution in [-0.2, 0) is 12.0 Å². The molecule has 96 valence electrons. The predicted molar refractivity (Wildman–Crippen MR) is 74.6 cm³/mol. The van der Waals surface area contributed by atoms with Gasteiger partial charge >= 0.3 is 0 Å². The van der Waals surface area contributed by atoms with Crippen molar-refractivity contribution in [1.29, 1.82) is 0 Å². The van der Waals surface area contributed by atoms with Gasteiger partial charge in [-0.1, -0.05) is 32.9 Å². The summed E-state index contributed by atoms with van der Waals surface area (Å²) in [5.74, 6) is 0.647. The van der Waals surface area contributed by atoms with Gasteiger partial charge in [0.1, 0.15) is 5.82 Å². The smallest absolute Gasteiger partial charge is 0.127 e. The van der Waals surface area contributed by atoms with E-state index in [9.17, 15) is 0 Å². The maximum absolute atomic E-state index is 6.03. The molecule has 0 unspecified atom stereocenters. The number of rotatable bonds is 2. The zero-order chi connectivity index (χ0) is 13.3. The van der Waals surface area contributed by atoms with E-state index in [0.717, 1.165) is 16.9 Å². The molecule has 0 amide bonds. The van der Waals surface area contributed by atoms with Gasteiger partial charge in [0.05, 0.1) is 11.4 Å². The molecule has 2 aromatic rings. The second kappa shape index (κ2) is 4.46. The van der Waals surface area contributed by atoms with Crippen molar-refractivity contribution >= 4 is 5.82 Å². The summed E-state index contributed by atoms with van der Waals surface area (Å²) in [6.07, 6.45) is 0. The van der Waals surface area contributed by atoms with Crippen molar-refractivity contribution in [2.75, 3.05) is 5.73 Å². The summed E-state index contributed by atoms with van der Waals surface area (Å²) in [5.41, 5.74) is 14.7. The highest BCUT2D eigenvalue weighted by Crippen LogP contribution is 2.24. The summed E-state index contributed by atoms with van der Waals surface area (Å²) < 4.78 is 1.76. The van der Waals surface area contributed by atoms with Gasteiger partial charge in [0.25, 0.3) is 0 Å². The lowest BCUT2D eigenvalue weighted by molar-refractivity contribution is 0.560. The molecule has 2 rings (SSSR count). The molecule has 0 spiro atoms. The molecule has 4 N–H and O–H groups in total. The van der Waals surface area contributed by atoms with Gasteiger partial charge in [-0.15, -0.1) is 0 Å². The molecule has 0 aliphatic heterocycles. The van der Waals surface area contributed by atoms with Crippen LogP contribution in [0.4, 0.5) is 5.82 Å². The van der Waals surface area contributed by atoms with Crippen LogP contribution < -0.4 is 11.5 Å². The Morgan fingerprint density at radius 1 is 1.22 bits per heavy atom. The van der Waals surface area contributed by atoms with Gasteiger partial charge in [-0.2, -0.15) is 5.10 Å². The molecule has 4 nitrogen and oxygen atoms in total. The average molecular weight is 244 g/mol. The molecule has 0 aliphatic rings. The number of hydrogen-bond acceptors (Lipinski definition) is 3. The molecule has 0 fully saturated rings. The van der Waals surface area contributed by atoms with E-state index in [0.29, 0.717) is 12.4 Å². The Hall–Kier alpha value is -1.81. The van der Waals surface area contributed by atoms with Crippen molar-refractivity contribution in [2.45, 2.75) is 32.7 Å². The van der Waals surface area contributed by atoms with E-state index in [-0.39, 0.29) is 5.41 Å². The maximum atomic E-state index is 6.03. The minimum absolute atomic E-state index is 0.00908. The highest BCUT2D eigenvalue weighted by Gasteiger charge is 2.19. The SMILES string of the molecule is CC(C)(C)c1cc(N)n(-c2cccc(CN)c2)n1. The first-order valence-electron chi connectivity index (χ1n) is 6.07. The lowest BCUT2D eigenvalue weighted by atomic mass is 9.92. The first-order chi connectivity index (χ1) is 8.41. The normalized spacial score (nSPS) is 11.8. The molecule has 4 heteroatoms. The minimum atomic E-state index is -0.00908. The molecular formula is C14H20N4. The number of nitrogens with two attached hydrogens (primary N) is 2. The molecule has 0 saturated carbocycles. The van der Waals surface area contributed by atoms with E-state index < -0.39 is 0 Å². The number of hydrogen-bond donors (Lipinski definition) is 2. The van der Waals surface area contributed by atoms with Crippen molar-refractivity contribution < 1.29 is 0 Å². The van der Waals surface area contributed by atoms with Crippen LogP contribution in [0.1, 0.15) is 32.0 Å². The maximum Gasteiger partial charge on any atom is 0.127 e. The summed E-state index contributed by atoms with van der Waals surface area (Å²) >= 11 is 0. The molecule has 0 radical (unpaired) electrons. The first kappa shape index (κ1) is 12.6. The third kappa shape index (κ3) is 2.38. The van der Waals surface area contributed by atoms with Gasteiger partial charge in [-0.05, 0) is 17.7 Å². The van der Waals surface area contributed by atoms with Gasteiger partial charge in [0, 0.05) is 18.0 Å². The van der Waals surface area contributed by atoms with Crippen molar-refractivity contribution in [2.24, 2.45) is 5.73 Å². The lowest BCUT2D eigenvalue weighted by Gasteiger charge is -2.14. The summed E-state index contributed by atoms with van der Waals surface area (Å²) in [6, 6.07) is 9.88. The van der Waals surface area contributed by atoms with Crippen molar-refractivity contribution in [3.63, 3.8) is 0 Å². The summed E-state index contributed by atoms with van der Waals surface area (Å²) in [4.78, 5) is 0. The predicted octanol–water partition coefficient (Wildman–Crippen LogP) is 2.21. The van der Waals surface area contributed by atoms with E-state index in [1.165, 1.54) is 0 Å². The van der Waals surface area contributed by atoms with Gasteiger partial charge in [0.15, 0.2) is 0 Å². The zero-order valence-corrected chi connectivity index (χ0v) is 11.1. The van der Waals surface area contributed by atoms with Crippen LogP contribution >= 0.6 is 0 Å². The topological polar surface area (TPSA) is 69.9 Å². The Kier molecular flexibility index (Phi) is 3.13. The molecule has 18 heavy (non-hydrogen) atoms. The Bertz CT molecular complexity index is 549. The Morgan fingerprint density at radius 3 is 2.50 bits per heavy atom. The molecule has 1 aromatic carbocycles. The van der Waals surface area contributed by atoms with E-state index in [2.05, 4.69) is 25.9 Å². The number of aromatic nitrogens is 2. The highest BCUT2D eigenvalue weighted by molar-refractivity contribution is 5.45. The molecule has 0 atom stereocenters. The van der Waals surface area contributed by atoms with E-state index >= 15 is 0 Å². The van der Waals surface area contributed by atoms with Crippen LogP contribution in [-0.4, -0.2) is 9.78 Å². The Balaban J connectivity index is 2.47. The van der Waals surface area contributed by atoms with E-state index in [1.807, 2.05) is 30.3 Å². The van der Waals surface area contributed by atoms with Crippen molar-refractivity contribution in [3.8, 4) is 5.69 Å².